The van der Waals surface area contributed by atoms with Crippen LogP contribution in [-0.2, 0) is 11.3 Å². The summed E-state index contributed by atoms with van der Waals surface area (Å²) < 4.78 is 0. The van der Waals surface area contributed by atoms with Crippen molar-refractivity contribution in [3.8, 4) is 0 Å². The molecule has 0 saturated carbocycles. The van der Waals surface area contributed by atoms with E-state index < -0.39 is 5.60 Å². The normalized spacial score (nSPS) is 19.4. The first-order valence-electron chi connectivity index (χ1n) is 8.04. The van der Waals surface area contributed by atoms with Crippen molar-refractivity contribution in [1.29, 1.82) is 0 Å². The minimum Gasteiger partial charge on any atom is -0.389 e. The average molecular weight is 304 g/mol. The van der Waals surface area contributed by atoms with E-state index in [9.17, 15) is 9.90 Å². The summed E-state index contributed by atoms with van der Waals surface area (Å²) in [6.07, 6.45) is 2.00. The van der Waals surface area contributed by atoms with Crippen molar-refractivity contribution in [3.63, 3.8) is 0 Å². The molecule has 1 aromatic carbocycles. The molecule has 0 spiro atoms. The van der Waals surface area contributed by atoms with Gasteiger partial charge in [0.1, 0.15) is 0 Å². The molecule has 1 atom stereocenters. The van der Waals surface area contributed by atoms with E-state index in [2.05, 4.69) is 24.0 Å². The number of aliphatic hydroxyl groups is 1. The number of nitrogens with zero attached hydrogens (tertiary/aromatic N) is 2. The lowest BCUT2D eigenvalue weighted by atomic mass is 9.97. The van der Waals surface area contributed by atoms with Crippen molar-refractivity contribution < 1.29 is 9.90 Å². The van der Waals surface area contributed by atoms with Gasteiger partial charge in [-0.25, -0.2) is 0 Å². The van der Waals surface area contributed by atoms with Crippen molar-refractivity contribution in [3.05, 3.63) is 35.4 Å². The molecule has 1 aromatic rings. The summed E-state index contributed by atoms with van der Waals surface area (Å²) in [6.45, 7) is 7.63. The Kier molecular flexibility index (Phi) is 5.24. The lowest BCUT2D eigenvalue weighted by Gasteiger charge is -2.34. The number of hydrogen-bond donors (Lipinski definition) is 1. The molecule has 122 valence electrons. The van der Waals surface area contributed by atoms with Gasteiger partial charge in [-0.3, -0.25) is 9.69 Å². The van der Waals surface area contributed by atoms with Gasteiger partial charge in [-0.15, -0.1) is 0 Å². The minimum atomic E-state index is -0.759. The average Bonchev–Trinajstić information content (AvgIpc) is 2.89. The van der Waals surface area contributed by atoms with Crippen LogP contribution in [0, 0.1) is 6.92 Å². The number of carbonyl (C=O) groups is 1. The molecule has 22 heavy (non-hydrogen) atoms. The fourth-order valence-corrected chi connectivity index (χ4v) is 3.24. The summed E-state index contributed by atoms with van der Waals surface area (Å²) in [5.41, 5.74) is 1.63. The Morgan fingerprint density at radius 3 is 2.73 bits per heavy atom. The van der Waals surface area contributed by atoms with Crippen molar-refractivity contribution in [2.24, 2.45) is 0 Å². The third kappa shape index (κ3) is 4.08. The van der Waals surface area contributed by atoms with Crippen LogP contribution in [0.1, 0.15) is 37.8 Å². The third-order valence-corrected chi connectivity index (χ3v) is 4.61. The highest BCUT2D eigenvalue weighted by molar-refractivity contribution is 5.78. The van der Waals surface area contributed by atoms with Crippen LogP contribution in [0.5, 0.6) is 0 Å². The molecule has 0 bridgehead atoms. The van der Waals surface area contributed by atoms with E-state index in [0.29, 0.717) is 13.1 Å². The van der Waals surface area contributed by atoms with Gasteiger partial charge in [0.25, 0.3) is 0 Å². The summed E-state index contributed by atoms with van der Waals surface area (Å²) in [7, 11) is 1.85. The van der Waals surface area contributed by atoms with Gasteiger partial charge in [0.2, 0.25) is 5.91 Å². The van der Waals surface area contributed by atoms with Crippen molar-refractivity contribution in [1.82, 2.24) is 9.80 Å². The van der Waals surface area contributed by atoms with E-state index in [0.717, 1.165) is 19.4 Å². The quantitative estimate of drug-likeness (QED) is 0.907. The van der Waals surface area contributed by atoms with E-state index in [4.69, 9.17) is 0 Å². The number of likely N-dealkylation sites (tertiary alicyclic amines) is 1. The zero-order chi connectivity index (χ0) is 16.3. The van der Waals surface area contributed by atoms with Crippen LogP contribution < -0.4 is 0 Å². The van der Waals surface area contributed by atoms with Crippen LogP contribution in [0.15, 0.2) is 24.3 Å². The summed E-state index contributed by atoms with van der Waals surface area (Å²) in [6, 6.07) is 8.22. The Bertz CT molecular complexity index is 522. The number of rotatable bonds is 5. The SMILES string of the molecule is Cc1ccccc1CN(C)C(=O)CN1CCCC1C(C)(C)O. The predicted molar refractivity (Wildman–Crippen MR) is 88.5 cm³/mol. The van der Waals surface area contributed by atoms with E-state index in [-0.39, 0.29) is 11.9 Å². The van der Waals surface area contributed by atoms with Crippen molar-refractivity contribution in [2.75, 3.05) is 20.1 Å². The van der Waals surface area contributed by atoms with E-state index in [1.165, 1.54) is 11.1 Å². The van der Waals surface area contributed by atoms with Gasteiger partial charge in [0.05, 0.1) is 12.1 Å². The first-order chi connectivity index (χ1) is 10.3. The number of aryl methyl sites for hydroxylation is 1. The van der Waals surface area contributed by atoms with E-state index in [1.807, 2.05) is 33.0 Å². The second-order valence-electron chi connectivity index (χ2n) is 6.96. The maximum absolute atomic E-state index is 12.5. The van der Waals surface area contributed by atoms with E-state index >= 15 is 0 Å². The first-order valence-corrected chi connectivity index (χ1v) is 8.04. The van der Waals surface area contributed by atoms with Gasteiger partial charge < -0.3 is 10.0 Å². The molecule has 1 saturated heterocycles. The Hall–Kier alpha value is -1.39. The maximum atomic E-state index is 12.5. The molecule has 2 rings (SSSR count). The lowest BCUT2D eigenvalue weighted by molar-refractivity contribution is -0.132. The molecule has 1 N–H and O–H groups in total. The third-order valence-electron chi connectivity index (χ3n) is 4.61. The molecule has 0 aromatic heterocycles. The van der Waals surface area contributed by atoms with Crippen LogP contribution >= 0.6 is 0 Å². The number of hydrogen-bond acceptors (Lipinski definition) is 3. The number of amides is 1. The summed E-state index contributed by atoms with van der Waals surface area (Å²) >= 11 is 0. The molecular formula is C18H28N2O2. The molecule has 1 aliphatic heterocycles. The summed E-state index contributed by atoms with van der Waals surface area (Å²) in [5.74, 6) is 0.111. The topological polar surface area (TPSA) is 43.8 Å². The zero-order valence-corrected chi connectivity index (χ0v) is 14.2. The van der Waals surface area contributed by atoms with Gasteiger partial charge in [-0.1, -0.05) is 24.3 Å². The van der Waals surface area contributed by atoms with Gasteiger partial charge in [-0.05, 0) is 51.3 Å². The lowest BCUT2D eigenvalue weighted by Crippen LogP contribution is -2.49. The Morgan fingerprint density at radius 2 is 2.09 bits per heavy atom. The molecular weight excluding hydrogens is 276 g/mol. The minimum absolute atomic E-state index is 0.0725. The Morgan fingerprint density at radius 1 is 1.41 bits per heavy atom. The Labute approximate surface area is 133 Å². The summed E-state index contributed by atoms with van der Waals surface area (Å²) in [5, 5.41) is 10.2. The highest BCUT2D eigenvalue weighted by Crippen LogP contribution is 2.26. The maximum Gasteiger partial charge on any atom is 0.236 e. The summed E-state index contributed by atoms with van der Waals surface area (Å²) in [4.78, 5) is 16.4. The van der Waals surface area contributed by atoms with Gasteiger partial charge in [0.15, 0.2) is 0 Å². The highest BCUT2D eigenvalue weighted by atomic mass is 16.3. The van der Waals surface area contributed by atoms with Crippen LogP contribution in [0.2, 0.25) is 0 Å². The molecule has 1 amide bonds. The van der Waals surface area contributed by atoms with E-state index in [1.54, 1.807) is 4.90 Å². The molecule has 4 heteroatoms. The molecule has 0 radical (unpaired) electrons. The van der Waals surface area contributed by atoms with Crippen LogP contribution in [-0.4, -0.2) is 52.6 Å². The molecule has 1 heterocycles. The molecule has 1 fully saturated rings. The zero-order valence-electron chi connectivity index (χ0n) is 14.2. The number of likely N-dealkylation sites (N-methyl/N-ethyl adjacent to an activating group) is 1. The smallest absolute Gasteiger partial charge is 0.236 e. The Balaban J connectivity index is 1.95. The first kappa shape index (κ1) is 17.0. The second-order valence-corrected chi connectivity index (χ2v) is 6.96. The van der Waals surface area contributed by atoms with Crippen LogP contribution in [0.3, 0.4) is 0 Å². The van der Waals surface area contributed by atoms with Crippen LogP contribution in [0.4, 0.5) is 0 Å². The standard InChI is InChI=1S/C18H28N2O2/c1-14-8-5-6-9-15(14)12-19(4)17(21)13-20-11-7-10-16(20)18(2,3)22/h5-6,8-9,16,22H,7,10-13H2,1-4H3. The number of carbonyl (C=O) groups excluding carboxylic acids is 1. The predicted octanol–water partition coefficient (Wildman–Crippen LogP) is 2.19. The highest BCUT2D eigenvalue weighted by Gasteiger charge is 2.36. The van der Waals surface area contributed by atoms with Crippen molar-refractivity contribution >= 4 is 5.91 Å². The molecule has 1 aliphatic rings. The van der Waals surface area contributed by atoms with Crippen LogP contribution in [0.25, 0.3) is 0 Å². The largest absolute Gasteiger partial charge is 0.389 e. The molecule has 1 unspecified atom stereocenters. The monoisotopic (exact) mass is 304 g/mol. The number of benzene rings is 1. The van der Waals surface area contributed by atoms with Gasteiger partial charge in [0, 0.05) is 19.6 Å². The fraction of sp³-hybridized carbons (Fsp3) is 0.611. The molecule has 4 nitrogen and oxygen atoms in total. The second kappa shape index (κ2) is 6.80. The fourth-order valence-electron chi connectivity index (χ4n) is 3.24. The molecule has 0 aliphatic carbocycles. The van der Waals surface area contributed by atoms with Crippen molar-refractivity contribution in [2.45, 2.75) is 51.8 Å². The van der Waals surface area contributed by atoms with Gasteiger partial charge in [-0.2, -0.15) is 0 Å². The van der Waals surface area contributed by atoms with Gasteiger partial charge >= 0.3 is 0 Å².